The summed E-state index contributed by atoms with van der Waals surface area (Å²) in [6.07, 6.45) is 5.18. The van der Waals surface area contributed by atoms with Gasteiger partial charge in [0, 0.05) is 19.2 Å². The summed E-state index contributed by atoms with van der Waals surface area (Å²) in [7, 11) is 0. The van der Waals surface area contributed by atoms with Crippen LogP contribution < -0.4 is 10.6 Å². The second-order valence-corrected chi connectivity index (χ2v) is 7.62. The zero-order chi connectivity index (χ0) is 20.6. The van der Waals surface area contributed by atoms with Gasteiger partial charge in [0.05, 0.1) is 11.3 Å². The van der Waals surface area contributed by atoms with Crippen LogP contribution in [-0.2, 0) is 4.79 Å². The third kappa shape index (κ3) is 5.99. The summed E-state index contributed by atoms with van der Waals surface area (Å²) in [6.45, 7) is 3.74. The minimum absolute atomic E-state index is 0.0156. The molecule has 0 spiro atoms. The zero-order valence-corrected chi connectivity index (χ0v) is 17.2. The van der Waals surface area contributed by atoms with Gasteiger partial charge < -0.3 is 10.2 Å². The highest BCUT2D eigenvalue weighted by Gasteiger charge is 2.23. The molecular formula is C23H25N3O2S. The summed E-state index contributed by atoms with van der Waals surface area (Å²) in [4.78, 5) is 26.9. The Balaban J connectivity index is 1.61. The summed E-state index contributed by atoms with van der Waals surface area (Å²) < 4.78 is 0. The summed E-state index contributed by atoms with van der Waals surface area (Å²) in [5.41, 5.74) is 2.07. The Morgan fingerprint density at radius 2 is 1.69 bits per heavy atom. The number of anilines is 1. The Morgan fingerprint density at radius 3 is 2.41 bits per heavy atom. The highest BCUT2D eigenvalue weighted by molar-refractivity contribution is 7.80. The van der Waals surface area contributed by atoms with Gasteiger partial charge in [0.1, 0.15) is 0 Å². The predicted octanol–water partition coefficient (Wildman–Crippen LogP) is 4.09. The number of carbonyl (C=O) groups excluding carboxylic acids is 2. The molecule has 3 rings (SSSR count). The molecule has 2 aromatic carbocycles. The molecule has 0 radical (unpaired) electrons. The van der Waals surface area contributed by atoms with Crippen LogP contribution in [0.4, 0.5) is 5.69 Å². The van der Waals surface area contributed by atoms with Gasteiger partial charge in [-0.15, -0.1) is 0 Å². The number of hydrogen-bond donors (Lipinski definition) is 2. The topological polar surface area (TPSA) is 61.4 Å². The van der Waals surface area contributed by atoms with Crippen molar-refractivity contribution in [1.29, 1.82) is 0 Å². The Kier molecular flexibility index (Phi) is 7.14. The second kappa shape index (κ2) is 9.98. The van der Waals surface area contributed by atoms with E-state index in [1.165, 1.54) is 6.08 Å². The number of hydrogen-bond acceptors (Lipinski definition) is 3. The third-order valence-electron chi connectivity index (χ3n) is 4.94. The molecule has 2 aromatic rings. The van der Waals surface area contributed by atoms with Gasteiger partial charge in [-0.25, -0.2) is 0 Å². The van der Waals surface area contributed by atoms with Crippen LogP contribution in [0.3, 0.4) is 0 Å². The van der Waals surface area contributed by atoms with E-state index < -0.39 is 0 Å². The predicted molar refractivity (Wildman–Crippen MR) is 121 cm³/mol. The maximum absolute atomic E-state index is 12.9. The second-order valence-electron chi connectivity index (χ2n) is 7.21. The number of nitrogens with one attached hydrogen (secondary N) is 2. The highest BCUT2D eigenvalue weighted by atomic mass is 32.1. The lowest BCUT2D eigenvalue weighted by molar-refractivity contribution is -0.115. The number of carbonyl (C=O) groups is 2. The number of piperidine rings is 1. The molecule has 150 valence electrons. The number of likely N-dealkylation sites (tertiary alicyclic amines) is 1. The maximum Gasteiger partial charge on any atom is 0.255 e. The average molecular weight is 408 g/mol. The van der Waals surface area contributed by atoms with E-state index >= 15 is 0 Å². The van der Waals surface area contributed by atoms with Crippen molar-refractivity contribution in [3.63, 3.8) is 0 Å². The Labute approximate surface area is 176 Å². The number of para-hydroxylation sites is 1. The van der Waals surface area contributed by atoms with Gasteiger partial charge in [0.25, 0.3) is 5.91 Å². The van der Waals surface area contributed by atoms with E-state index in [0.717, 1.165) is 31.5 Å². The summed E-state index contributed by atoms with van der Waals surface area (Å²) >= 11 is 5.26. The van der Waals surface area contributed by atoms with Crippen molar-refractivity contribution in [1.82, 2.24) is 10.2 Å². The molecule has 0 aliphatic carbocycles. The number of rotatable bonds is 4. The van der Waals surface area contributed by atoms with E-state index in [0.29, 0.717) is 17.2 Å². The number of thiocarbonyl (C=S) groups is 1. The fourth-order valence-electron chi connectivity index (χ4n) is 3.20. The van der Waals surface area contributed by atoms with Crippen molar-refractivity contribution in [2.24, 2.45) is 5.92 Å². The fourth-order valence-corrected chi connectivity index (χ4v) is 3.41. The molecule has 2 N–H and O–H groups in total. The fraction of sp³-hybridized carbons (Fsp3) is 0.261. The first-order chi connectivity index (χ1) is 14.0. The van der Waals surface area contributed by atoms with E-state index in [-0.39, 0.29) is 16.9 Å². The van der Waals surface area contributed by atoms with Gasteiger partial charge in [0.2, 0.25) is 5.91 Å². The van der Waals surface area contributed by atoms with Gasteiger partial charge in [-0.3, -0.25) is 14.9 Å². The zero-order valence-electron chi connectivity index (χ0n) is 16.4. The summed E-state index contributed by atoms with van der Waals surface area (Å²) in [6, 6.07) is 16.8. The van der Waals surface area contributed by atoms with Gasteiger partial charge in [-0.1, -0.05) is 49.4 Å². The van der Waals surface area contributed by atoms with Crippen molar-refractivity contribution in [2.45, 2.75) is 19.8 Å². The van der Waals surface area contributed by atoms with E-state index in [2.05, 4.69) is 17.6 Å². The molecule has 0 aromatic heterocycles. The summed E-state index contributed by atoms with van der Waals surface area (Å²) in [5.74, 6) is 0.303. The van der Waals surface area contributed by atoms with Crippen molar-refractivity contribution >= 4 is 40.9 Å². The lowest BCUT2D eigenvalue weighted by Crippen LogP contribution is -2.39. The Morgan fingerprint density at radius 1 is 1.03 bits per heavy atom. The van der Waals surface area contributed by atoms with Gasteiger partial charge in [-0.05, 0) is 54.7 Å². The molecular weight excluding hydrogens is 382 g/mol. The molecule has 1 heterocycles. The van der Waals surface area contributed by atoms with E-state index in [4.69, 9.17) is 12.2 Å². The normalized spacial score (nSPS) is 14.6. The minimum Gasteiger partial charge on any atom is -0.339 e. The summed E-state index contributed by atoms with van der Waals surface area (Å²) in [5, 5.41) is 5.76. The van der Waals surface area contributed by atoms with Crippen LogP contribution >= 0.6 is 12.2 Å². The molecule has 0 atom stereocenters. The Hall–Kier alpha value is -2.99. The highest BCUT2D eigenvalue weighted by Crippen LogP contribution is 2.22. The first-order valence-electron chi connectivity index (χ1n) is 9.76. The minimum atomic E-state index is -0.333. The molecule has 1 aliphatic heterocycles. The molecule has 1 fully saturated rings. The van der Waals surface area contributed by atoms with Crippen molar-refractivity contribution in [3.8, 4) is 0 Å². The standard InChI is InChI=1S/C23H25N3O2S/c1-17-13-15-26(16-14-17)22(28)19-9-5-6-10-20(19)24-23(29)25-21(27)12-11-18-7-3-2-4-8-18/h2-12,17H,13-16H2,1H3,(H2,24,25,27,29)/b12-11+. The van der Waals surface area contributed by atoms with Gasteiger partial charge >= 0.3 is 0 Å². The van der Waals surface area contributed by atoms with E-state index in [1.54, 1.807) is 18.2 Å². The van der Waals surface area contributed by atoms with Crippen LogP contribution in [0, 0.1) is 5.92 Å². The molecule has 0 unspecified atom stereocenters. The molecule has 0 saturated carbocycles. The Bertz CT molecular complexity index is 903. The maximum atomic E-state index is 12.9. The van der Waals surface area contributed by atoms with Gasteiger partial charge in [0.15, 0.2) is 5.11 Å². The monoisotopic (exact) mass is 407 g/mol. The quantitative estimate of drug-likeness (QED) is 0.592. The molecule has 0 bridgehead atoms. The number of nitrogens with zero attached hydrogens (tertiary/aromatic N) is 1. The van der Waals surface area contributed by atoms with Gasteiger partial charge in [-0.2, -0.15) is 0 Å². The molecule has 29 heavy (non-hydrogen) atoms. The van der Waals surface area contributed by atoms with Crippen molar-refractivity contribution in [2.75, 3.05) is 18.4 Å². The van der Waals surface area contributed by atoms with Crippen molar-refractivity contribution in [3.05, 3.63) is 71.8 Å². The average Bonchev–Trinajstić information content (AvgIpc) is 2.73. The first kappa shape index (κ1) is 20.7. The van der Waals surface area contributed by atoms with E-state index in [9.17, 15) is 9.59 Å². The van der Waals surface area contributed by atoms with Crippen LogP contribution in [0.5, 0.6) is 0 Å². The smallest absolute Gasteiger partial charge is 0.255 e. The van der Waals surface area contributed by atoms with Crippen LogP contribution in [0.15, 0.2) is 60.7 Å². The molecule has 1 saturated heterocycles. The lowest BCUT2D eigenvalue weighted by atomic mass is 9.98. The number of benzene rings is 2. The first-order valence-corrected chi connectivity index (χ1v) is 10.2. The lowest BCUT2D eigenvalue weighted by Gasteiger charge is -2.30. The molecule has 2 amide bonds. The van der Waals surface area contributed by atoms with Crippen LogP contribution in [-0.4, -0.2) is 34.9 Å². The molecule has 6 heteroatoms. The largest absolute Gasteiger partial charge is 0.339 e. The molecule has 1 aliphatic rings. The van der Waals surface area contributed by atoms with E-state index in [1.807, 2.05) is 47.4 Å². The number of amides is 2. The van der Waals surface area contributed by atoms with Crippen LogP contribution in [0.25, 0.3) is 6.08 Å². The van der Waals surface area contributed by atoms with Crippen molar-refractivity contribution < 1.29 is 9.59 Å². The third-order valence-corrected chi connectivity index (χ3v) is 5.14. The molecule has 5 nitrogen and oxygen atoms in total. The van der Waals surface area contributed by atoms with Crippen LogP contribution in [0.2, 0.25) is 0 Å². The SMILES string of the molecule is CC1CCN(C(=O)c2ccccc2NC(=S)NC(=O)/C=C/c2ccccc2)CC1. The van der Waals surface area contributed by atoms with Crippen LogP contribution in [0.1, 0.15) is 35.7 Å².